The normalized spacial score (nSPS) is 26.9. The highest BCUT2D eigenvalue weighted by Crippen LogP contribution is 2.47. The molecule has 0 saturated carbocycles. The molecule has 4 rings (SSSR count). The van der Waals surface area contributed by atoms with Crippen LogP contribution >= 0.6 is 0 Å². The van der Waals surface area contributed by atoms with Gasteiger partial charge in [0.05, 0.1) is 0 Å². The first-order valence-corrected chi connectivity index (χ1v) is 8.56. The number of hydrogen-bond acceptors (Lipinski definition) is 3. The number of phenols is 2. The SMILES string of the molecule is Oc1ccc2c(c1O)C[C@H](c1ccccc1)C[C@H]2[C@H]1CCCN1. The van der Waals surface area contributed by atoms with E-state index in [4.69, 9.17) is 0 Å². The molecule has 3 N–H and O–H groups in total. The second-order valence-corrected chi connectivity index (χ2v) is 6.86. The van der Waals surface area contributed by atoms with Crippen molar-refractivity contribution in [3.8, 4) is 11.5 Å². The monoisotopic (exact) mass is 309 g/mol. The van der Waals surface area contributed by atoms with Crippen molar-refractivity contribution in [2.24, 2.45) is 0 Å². The first-order chi connectivity index (χ1) is 11.2. The quantitative estimate of drug-likeness (QED) is 0.742. The van der Waals surface area contributed by atoms with E-state index < -0.39 is 0 Å². The number of fused-ring (bicyclic) bond motifs is 1. The van der Waals surface area contributed by atoms with E-state index in [1.807, 2.05) is 12.1 Å². The minimum absolute atomic E-state index is 0.00408. The molecule has 0 bridgehead atoms. The largest absolute Gasteiger partial charge is 0.504 e. The van der Waals surface area contributed by atoms with Gasteiger partial charge in [0.25, 0.3) is 0 Å². The van der Waals surface area contributed by atoms with Gasteiger partial charge < -0.3 is 15.5 Å². The summed E-state index contributed by atoms with van der Waals surface area (Å²) in [5, 5.41) is 23.9. The van der Waals surface area contributed by atoms with Crippen LogP contribution in [-0.4, -0.2) is 22.8 Å². The van der Waals surface area contributed by atoms with Crippen LogP contribution in [0.5, 0.6) is 11.5 Å². The number of benzene rings is 2. The minimum atomic E-state index is -0.00408. The van der Waals surface area contributed by atoms with Gasteiger partial charge in [-0.3, -0.25) is 0 Å². The summed E-state index contributed by atoms with van der Waals surface area (Å²) < 4.78 is 0. The van der Waals surface area contributed by atoms with E-state index >= 15 is 0 Å². The zero-order valence-corrected chi connectivity index (χ0v) is 13.2. The molecule has 2 aromatic rings. The van der Waals surface area contributed by atoms with E-state index in [0.29, 0.717) is 17.9 Å². The van der Waals surface area contributed by atoms with E-state index in [1.165, 1.54) is 24.0 Å². The van der Waals surface area contributed by atoms with E-state index in [0.717, 1.165) is 24.9 Å². The number of nitrogens with one attached hydrogen (secondary N) is 1. The van der Waals surface area contributed by atoms with E-state index in [-0.39, 0.29) is 11.5 Å². The Hall–Kier alpha value is -2.00. The summed E-state index contributed by atoms with van der Waals surface area (Å²) in [7, 11) is 0. The van der Waals surface area contributed by atoms with Gasteiger partial charge in [-0.25, -0.2) is 0 Å². The molecule has 0 amide bonds. The minimum Gasteiger partial charge on any atom is -0.504 e. The number of hydrogen-bond donors (Lipinski definition) is 3. The summed E-state index contributed by atoms with van der Waals surface area (Å²) in [5.74, 6) is 0.864. The molecule has 0 aromatic heterocycles. The van der Waals surface area contributed by atoms with Crippen molar-refractivity contribution in [3.05, 3.63) is 59.2 Å². The summed E-state index contributed by atoms with van der Waals surface area (Å²) in [6.45, 7) is 1.08. The smallest absolute Gasteiger partial charge is 0.160 e. The number of phenolic OH excluding ortho intramolecular Hbond substituents is 2. The molecule has 23 heavy (non-hydrogen) atoms. The molecule has 0 spiro atoms. The maximum absolute atomic E-state index is 10.4. The molecule has 2 aliphatic rings. The summed E-state index contributed by atoms with van der Waals surface area (Å²) in [6.07, 6.45) is 4.30. The zero-order chi connectivity index (χ0) is 15.8. The molecule has 1 heterocycles. The third-order valence-corrected chi connectivity index (χ3v) is 5.54. The van der Waals surface area contributed by atoms with Gasteiger partial charge in [0, 0.05) is 17.5 Å². The van der Waals surface area contributed by atoms with E-state index in [1.54, 1.807) is 6.07 Å². The van der Waals surface area contributed by atoms with Gasteiger partial charge in [-0.2, -0.15) is 0 Å². The Balaban J connectivity index is 1.76. The molecular formula is C20H23NO2. The van der Waals surface area contributed by atoms with Crippen molar-refractivity contribution in [2.45, 2.75) is 43.6 Å². The van der Waals surface area contributed by atoms with Crippen molar-refractivity contribution >= 4 is 0 Å². The molecule has 3 heteroatoms. The highest BCUT2D eigenvalue weighted by atomic mass is 16.3. The first kappa shape index (κ1) is 14.6. The zero-order valence-electron chi connectivity index (χ0n) is 13.2. The standard InChI is InChI=1S/C20H23NO2/c22-19-9-8-15-16(18-7-4-10-21-18)11-14(12-17(15)20(19)23)13-5-2-1-3-6-13/h1-3,5-6,8-9,14,16,18,21-23H,4,7,10-12H2/t14-,16-,18-/m1/s1. The van der Waals surface area contributed by atoms with Crippen molar-refractivity contribution in [2.75, 3.05) is 6.54 Å². The molecule has 3 nitrogen and oxygen atoms in total. The van der Waals surface area contributed by atoms with Crippen LogP contribution < -0.4 is 5.32 Å². The lowest BCUT2D eigenvalue weighted by Gasteiger charge is -2.36. The van der Waals surface area contributed by atoms with Gasteiger partial charge in [-0.05, 0) is 55.3 Å². The first-order valence-electron chi connectivity index (χ1n) is 8.56. The predicted molar refractivity (Wildman–Crippen MR) is 91.0 cm³/mol. The van der Waals surface area contributed by atoms with Crippen LogP contribution in [-0.2, 0) is 6.42 Å². The maximum Gasteiger partial charge on any atom is 0.160 e. The highest BCUT2D eigenvalue weighted by molar-refractivity contribution is 5.53. The Bertz CT molecular complexity index is 692. The summed E-state index contributed by atoms with van der Waals surface area (Å²) in [5.41, 5.74) is 3.47. The summed E-state index contributed by atoms with van der Waals surface area (Å²) in [4.78, 5) is 0. The lowest BCUT2D eigenvalue weighted by molar-refractivity contribution is 0.371. The fourth-order valence-corrected chi connectivity index (χ4v) is 4.38. The topological polar surface area (TPSA) is 52.5 Å². The number of aromatic hydroxyl groups is 2. The van der Waals surface area contributed by atoms with Gasteiger partial charge in [-0.15, -0.1) is 0 Å². The second-order valence-electron chi connectivity index (χ2n) is 6.86. The van der Waals surface area contributed by atoms with Gasteiger partial charge >= 0.3 is 0 Å². The predicted octanol–water partition coefficient (Wildman–Crippen LogP) is 3.66. The molecule has 1 saturated heterocycles. The molecular weight excluding hydrogens is 286 g/mol. The summed E-state index contributed by atoms with van der Waals surface area (Å²) >= 11 is 0. The average molecular weight is 309 g/mol. The van der Waals surface area contributed by atoms with Gasteiger partial charge in [-0.1, -0.05) is 36.4 Å². The van der Waals surface area contributed by atoms with Crippen molar-refractivity contribution in [1.82, 2.24) is 5.32 Å². The van der Waals surface area contributed by atoms with Crippen LogP contribution in [0.15, 0.2) is 42.5 Å². The Labute approximate surface area is 137 Å². The van der Waals surface area contributed by atoms with Gasteiger partial charge in [0.15, 0.2) is 11.5 Å². The molecule has 1 fully saturated rings. The Morgan fingerprint density at radius 3 is 2.57 bits per heavy atom. The van der Waals surface area contributed by atoms with Crippen LogP contribution in [0.3, 0.4) is 0 Å². The van der Waals surface area contributed by atoms with Crippen LogP contribution in [0.25, 0.3) is 0 Å². The van der Waals surface area contributed by atoms with Crippen LogP contribution in [0.1, 0.15) is 47.8 Å². The molecule has 3 atom stereocenters. The van der Waals surface area contributed by atoms with Crippen LogP contribution in [0.4, 0.5) is 0 Å². The fourth-order valence-electron chi connectivity index (χ4n) is 4.38. The van der Waals surface area contributed by atoms with E-state index in [9.17, 15) is 10.2 Å². The fraction of sp³-hybridized carbons (Fsp3) is 0.400. The third-order valence-electron chi connectivity index (χ3n) is 5.54. The molecule has 120 valence electrons. The molecule has 1 aliphatic heterocycles. The highest BCUT2D eigenvalue weighted by Gasteiger charge is 2.35. The lowest BCUT2D eigenvalue weighted by atomic mass is 9.71. The molecule has 1 aliphatic carbocycles. The van der Waals surface area contributed by atoms with Crippen LogP contribution in [0.2, 0.25) is 0 Å². The lowest BCUT2D eigenvalue weighted by Crippen LogP contribution is -2.33. The van der Waals surface area contributed by atoms with Gasteiger partial charge in [0.1, 0.15) is 0 Å². The Morgan fingerprint density at radius 1 is 1.00 bits per heavy atom. The number of rotatable bonds is 2. The Morgan fingerprint density at radius 2 is 1.83 bits per heavy atom. The molecule has 2 aromatic carbocycles. The summed E-state index contributed by atoms with van der Waals surface area (Å²) in [6, 6.07) is 14.7. The third kappa shape index (κ3) is 2.59. The second kappa shape index (κ2) is 5.89. The van der Waals surface area contributed by atoms with Crippen molar-refractivity contribution in [3.63, 3.8) is 0 Å². The van der Waals surface area contributed by atoms with Crippen LogP contribution in [0, 0.1) is 0 Å². The average Bonchev–Trinajstić information content (AvgIpc) is 3.13. The molecule has 0 unspecified atom stereocenters. The van der Waals surface area contributed by atoms with Crippen molar-refractivity contribution < 1.29 is 10.2 Å². The molecule has 0 radical (unpaired) electrons. The van der Waals surface area contributed by atoms with E-state index in [2.05, 4.69) is 29.6 Å². The van der Waals surface area contributed by atoms with Crippen molar-refractivity contribution in [1.29, 1.82) is 0 Å². The Kier molecular flexibility index (Phi) is 3.74. The van der Waals surface area contributed by atoms with Gasteiger partial charge in [0.2, 0.25) is 0 Å². The maximum atomic E-state index is 10.4.